The third-order valence-electron chi connectivity index (χ3n) is 4.01. The number of nitrogens with one attached hydrogen (secondary N) is 3. The standard InChI is InChI=1S/C18H25N3O2/c1-4-6-9-19-17(22)14-7-8-16(20-11-14)15-10-13(5-2)18(23)21-12(15)3/h7-8,10,20H,4-6,9,11H2,1-3H3,(H,19,22)(H,21,23). The van der Waals surface area contributed by atoms with Gasteiger partial charge in [-0.2, -0.15) is 0 Å². The lowest BCUT2D eigenvalue weighted by molar-refractivity contribution is -0.117. The van der Waals surface area contributed by atoms with Gasteiger partial charge in [0, 0.05) is 41.2 Å². The molecule has 23 heavy (non-hydrogen) atoms. The minimum atomic E-state index is -0.0308. The number of amides is 1. The Morgan fingerprint density at radius 3 is 2.70 bits per heavy atom. The van der Waals surface area contributed by atoms with Gasteiger partial charge in [0.25, 0.3) is 5.56 Å². The van der Waals surface area contributed by atoms with E-state index >= 15 is 0 Å². The summed E-state index contributed by atoms with van der Waals surface area (Å²) < 4.78 is 0. The number of carbonyl (C=O) groups excluding carboxylic acids is 1. The molecule has 0 bridgehead atoms. The summed E-state index contributed by atoms with van der Waals surface area (Å²) >= 11 is 0. The number of H-pyrrole nitrogens is 1. The molecule has 1 aliphatic rings. The first-order valence-electron chi connectivity index (χ1n) is 8.22. The van der Waals surface area contributed by atoms with Crippen molar-refractivity contribution in [2.45, 2.75) is 40.0 Å². The zero-order valence-corrected chi connectivity index (χ0v) is 14.1. The first kappa shape index (κ1) is 17.1. The summed E-state index contributed by atoms with van der Waals surface area (Å²) in [4.78, 5) is 26.7. The number of dihydropyridines is 1. The topological polar surface area (TPSA) is 74.0 Å². The van der Waals surface area contributed by atoms with Crippen LogP contribution in [-0.4, -0.2) is 24.0 Å². The van der Waals surface area contributed by atoms with Gasteiger partial charge in [-0.25, -0.2) is 0 Å². The lowest BCUT2D eigenvalue weighted by Crippen LogP contribution is -2.32. The number of hydrogen-bond acceptors (Lipinski definition) is 3. The Hall–Kier alpha value is -2.30. The van der Waals surface area contributed by atoms with E-state index in [1.165, 1.54) is 0 Å². The first-order chi connectivity index (χ1) is 11.1. The summed E-state index contributed by atoms with van der Waals surface area (Å²) in [6.07, 6.45) is 6.50. The zero-order valence-electron chi connectivity index (χ0n) is 14.1. The molecule has 124 valence electrons. The van der Waals surface area contributed by atoms with Crippen LogP contribution in [0.2, 0.25) is 0 Å². The van der Waals surface area contributed by atoms with Gasteiger partial charge in [0.2, 0.25) is 5.91 Å². The summed E-state index contributed by atoms with van der Waals surface area (Å²) in [6.45, 7) is 7.14. The molecule has 1 aromatic rings. The van der Waals surface area contributed by atoms with Gasteiger partial charge in [0.1, 0.15) is 0 Å². The Morgan fingerprint density at radius 1 is 1.30 bits per heavy atom. The maximum Gasteiger partial charge on any atom is 0.251 e. The van der Waals surface area contributed by atoms with Crippen molar-refractivity contribution in [2.24, 2.45) is 0 Å². The van der Waals surface area contributed by atoms with Crippen LogP contribution in [-0.2, 0) is 11.2 Å². The maximum atomic E-state index is 12.0. The number of unbranched alkanes of at least 4 members (excludes halogenated alkanes) is 1. The normalized spacial score (nSPS) is 13.9. The van der Waals surface area contributed by atoms with Crippen molar-refractivity contribution in [3.8, 4) is 0 Å². The fourth-order valence-corrected chi connectivity index (χ4v) is 2.53. The van der Waals surface area contributed by atoms with Crippen LogP contribution in [0.5, 0.6) is 0 Å². The summed E-state index contributed by atoms with van der Waals surface area (Å²) in [5.41, 5.74) is 4.19. The number of aromatic amines is 1. The van der Waals surface area contributed by atoms with E-state index in [-0.39, 0.29) is 11.5 Å². The van der Waals surface area contributed by atoms with Gasteiger partial charge in [-0.05, 0) is 38.0 Å². The van der Waals surface area contributed by atoms with Crippen molar-refractivity contribution < 1.29 is 4.79 Å². The molecule has 0 unspecified atom stereocenters. The fraction of sp³-hybridized carbons (Fsp3) is 0.444. The summed E-state index contributed by atoms with van der Waals surface area (Å²) in [5, 5.41) is 6.20. The highest BCUT2D eigenvalue weighted by Crippen LogP contribution is 2.18. The van der Waals surface area contributed by atoms with E-state index < -0.39 is 0 Å². The van der Waals surface area contributed by atoms with Crippen molar-refractivity contribution in [3.05, 3.63) is 51.0 Å². The van der Waals surface area contributed by atoms with Crippen LogP contribution >= 0.6 is 0 Å². The van der Waals surface area contributed by atoms with E-state index in [0.717, 1.165) is 40.9 Å². The predicted octanol–water partition coefficient (Wildman–Crippen LogP) is 2.03. The van der Waals surface area contributed by atoms with E-state index in [0.29, 0.717) is 19.5 Å². The van der Waals surface area contributed by atoms with Gasteiger partial charge in [-0.15, -0.1) is 0 Å². The second-order valence-corrected chi connectivity index (χ2v) is 5.75. The molecule has 2 rings (SSSR count). The van der Waals surface area contributed by atoms with Crippen LogP contribution in [0.25, 0.3) is 5.70 Å². The third-order valence-corrected chi connectivity index (χ3v) is 4.01. The van der Waals surface area contributed by atoms with Gasteiger partial charge in [0.15, 0.2) is 0 Å². The Kier molecular flexibility index (Phi) is 5.79. The Morgan fingerprint density at radius 2 is 2.09 bits per heavy atom. The number of carbonyl (C=O) groups is 1. The van der Waals surface area contributed by atoms with Crippen molar-refractivity contribution in [2.75, 3.05) is 13.1 Å². The number of pyridine rings is 1. The highest BCUT2D eigenvalue weighted by atomic mass is 16.1. The molecule has 0 saturated carbocycles. The van der Waals surface area contributed by atoms with Crippen molar-refractivity contribution in [1.82, 2.24) is 15.6 Å². The lowest BCUT2D eigenvalue weighted by atomic mass is 10.0. The third kappa shape index (κ3) is 4.12. The lowest BCUT2D eigenvalue weighted by Gasteiger charge is -2.19. The summed E-state index contributed by atoms with van der Waals surface area (Å²) in [5.74, 6) is -0.0197. The molecule has 0 fully saturated rings. The van der Waals surface area contributed by atoms with Crippen molar-refractivity contribution in [3.63, 3.8) is 0 Å². The number of aromatic nitrogens is 1. The first-order valence-corrected chi connectivity index (χ1v) is 8.22. The smallest absolute Gasteiger partial charge is 0.251 e. The second kappa shape index (κ2) is 7.81. The molecule has 5 nitrogen and oxygen atoms in total. The minimum Gasteiger partial charge on any atom is -0.380 e. The molecule has 1 aliphatic heterocycles. The van der Waals surface area contributed by atoms with E-state index in [1.54, 1.807) is 0 Å². The van der Waals surface area contributed by atoms with E-state index in [2.05, 4.69) is 22.5 Å². The van der Waals surface area contributed by atoms with Crippen molar-refractivity contribution in [1.29, 1.82) is 0 Å². The number of rotatable bonds is 6. The summed E-state index contributed by atoms with van der Waals surface area (Å²) in [7, 11) is 0. The molecule has 5 heteroatoms. The largest absolute Gasteiger partial charge is 0.380 e. The molecule has 1 amide bonds. The van der Waals surface area contributed by atoms with E-state index in [1.807, 2.05) is 32.1 Å². The molecule has 2 heterocycles. The Balaban J connectivity index is 2.18. The SMILES string of the molecule is CCCCNC(=O)C1=CC=C(c2cc(CC)c(=O)[nH]c2C)NC1. The van der Waals surface area contributed by atoms with Crippen molar-refractivity contribution >= 4 is 11.6 Å². The molecular weight excluding hydrogens is 290 g/mol. The van der Waals surface area contributed by atoms with Gasteiger partial charge < -0.3 is 15.6 Å². The quantitative estimate of drug-likeness (QED) is 0.703. The van der Waals surface area contributed by atoms with Crippen LogP contribution in [0.4, 0.5) is 0 Å². The highest BCUT2D eigenvalue weighted by molar-refractivity contribution is 5.95. The van der Waals surface area contributed by atoms with Crippen LogP contribution < -0.4 is 16.2 Å². The summed E-state index contributed by atoms with van der Waals surface area (Å²) in [6, 6.07) is 1.92. The molecule has 0 aromatic carbocycles. The molecular formula is C18H25N3O2. The molecule has 0 saturated heterocycles. The molecule has 1 aromatic heterocycles. The molecule has 0 spiro atoms. The van der Waals surface area contributed by atoms with Gasteiger partial charge in [-0.3, -0.25) is 9.59 Å². The Bertz CT molecular complexity index is 699. The van der Waals surface area contributed by atoms with Crippen LogP contribution in [0, 0.1) is 6.92 Å². The fourth-order valence-electron chi connectivity index (χ4n) is 2.53. The molecule has 0 aliphatic carbocycles. The Labute approximate surface area is 136 Å². The minimum absolute atomic E-state index is 0.0197. The molecule has 0 atom stereocenters. The maximum absolute atomic E-state index is 12.0. The number of hydrogen-bond donors (Lipinski definition) is 3. The van der Waals surface area contributed by atoms with E-state index in [9.17, 15) is 9.59 Å². The number of allylic oxidation sites excluding steroid dienone is 2. The molecule has 0 radical (unpaired) electrons. The zero-order chi connectivity index (χ0) is 16.8. The highest BCUT2D eigenvalue weighted by Gasteiger charge is 2.15. The molecule has 3 N–H and O–H groups in total. The predicted molar refractivity (Wildman–Crippen MR) is 93.2 cm³/mol. The van der Waals surface area contributed by atoms with Gasteiger partial charge >= 0.3 is 0 Å². The van der Waals surface area contributed by atoms with Crippen LogP contribution in [0.15, 0.2) is 28.6 Å². The average molecular weight is 315 g/mol. The van der Waals surface area contributed by atoms with Crippen LogP contribution in [0.1, 0.15) is 43.5 Å². The second-order valence-electron chi connectivity index (χ2n) is 5.75. The van der Waals surface area contributed by atoms with Gasteiger partial charge in [0.05, 0.1) is 0 Å². The van der Waals surface area contributed by atoms with Crippen LogP contribution in [0.3, 0.4) is 0 Å². The van der Waals surface area contributed by atoms with Gasteiger partial charge in [-0.1, -0.05) is 20.3 Å². The number of aryl methyl sites for hydroxylation is 2. The van der Waals surface area contributed by atoms with E-state index in [4.69, 9.17) is 0 Å². The average Bonchev–Trinajstić information content (AvgIpc) is 2.55. The monoisotopic (exact) mass is 315 g/mol.